The minimum Gasteiger partial charge on any atom is -0.313 e. The number of rotatable bonds is 5. The van der Waals surface area contributed by atoms with Gasteiger partial charge in [-0.3, -0.25) is 4.98 Å². The van der Waals surface area contributed by atoms with Crippen LogP contribution in [0.25, 0.3) is 0 Å². The molecule has 68 valence electrons. The summed E-state index contributed by atoms with van der Waals surface area (Å²) in [5, 5.41) is 3.31. The average molecular weight is 174 g/mol. The minimum absolute atomic E-state index is 0.851. The summed E-state index contributed by atoms with van der Waals surface area (Å²) >= 11 is 0. The van der Waals surface area contributed by atoms with Gasteiger partial charge < -0.3 is 5.32 Å². The van der Waals surface area contributed by atoms with Crippen molar-refractivity contribution in [3.05, 3.63) is 30.1 Å². The van der Waals surface area contributed by atoms with Gasteiger partial charge in [0.1, 0.15) is 0 Å². The predicted octanol–water partition coefficient (Wildman–Crippen LogP) is 1.58. The zero-order chi connectivity index (χ0) is 9.36. The smallest absolute Gasteiger partial charge is 0.0271 e. The van der Waals surface area contributed by atoms with Gasteiger partial charge in [0.15, 0.2) is 0 Å². The molecule has 0 aliphatic heterocycles. The van der Waals surface area contributed by atoms with Crippen LogP contribution in [0.5, 0.6) is 0 Å². The van der Waals surface area contributed by atoms with Gasteiger partial charge in [-0.2, -0.15) is 0 Å². The zero-order valence-electron chi connectivity index (χ0n) is 7.66. The molecule has 0 aliphatic rings. The predicted molar refractivity (Wildman–Crippen MR) is 54.0 cm³/mol. The van der Waals surface area contributed by atoms with E-state index in [1.165, 1.54) is 5.56 Å². The van der Waals surface area contributed by atoms with Crippen molar-refractivity contribution < 1.29 is 0 Å². The molecule has 0 spiro atoms. The van der Waals surface area contributed by atoms with Gasteiger partial charge in [-0.1, -0.05) is 0 Å². The first-order valence-corrected chi connectivity index (χ1v) is 4.46. The van der Waals surface area contributed by atoms with Gasteiger partial charge in [-0.25, -0.2) is 0 Å². The third-order valence-corrected chi connectivity index (χ3v) is 1.75. The van der Waals surface area contributed by atoms with Crippen LogP contribution < -0.4 is 5.32 Å². The lowest BCUT2D eigenvalue weighted by Gasteiger charge is -2.02. The highest BCUT2D eigenvalue weighted by molar-refractivity contribution is 5.08. The zero-order valence-corrected chi connectivity index (χ0v) is 7.66. The summed E-state index contributed by atoms with van der Waals surface area (Å²) in [4.78, 5) is 3.95. The second-order valence-electron chi connectivity index (χ2n) is 2.84. The summed E-state index contributed by atoms with van der Waals surface area (Å²) in [6, 6.07) is 4.02. The summed E-state index contributed by atoms with van der Waals surface area (Å²) < 4.78 is 0. The quantitative estimate of drug-likeness (QED) is 0.541. The van der Waals surface area contributed by atoms with Crippen molar-refractivity contribution in [3.8, 4) is 12.3 Å². The van der Waals surface area contributed by atoms with Gasteiger partial charge in [-0.15, -0.1) is 12.3 Å². The normalized spacial score (nSPS) is 9.46. The third-order valence-electron chi connectivity index (χ3n) is 1.75. The largest absolute Gasteiger partial charge is 0.313 e. The highest BCUT2D eigenvalue weighted by Crippen LogP contribution is 1.94. The van der Waals surface area contributed by atoms with E-state index in [1.54, 1.807) is 12.4 Å². The fourth-order valence-corrected chi connectivity index (χ4v) is 1.05. The Bertz CT molecular complexity index is 261. The van der Waals surface area contributed by atoms with Crippen LogP contribution in [0.2, 0.25) is 0 Å². The van der Waals surface area contributed by atoms with E-state index in [-0.39, 0.29) is 0 Å². The van der Waals surface area contributed by atoms with Crippen molar-refractivity contribution in [2.24, 2.45) is 0 Å². The lowest BCUT2D eigenvalue weighted by atomic mass is 10.2. The van der Waals surface area contributed by atoms with E-state index in [2.05, 4.69) is 16.2 Å². The number of nitrogens with zero attached hydrogens (tertiary/aromatic N) is 1. The van der Waals surface area contributed by atoms with Crippen LogP contribution in [0.4, 0.5) is 0 Å². The van der Waals surface area contributed by atoms with Crippen LogP contribution in [0, 0.1) is 12.3 Å². The highest BCUT2D eigenvalue weighted by Gasteiger charge is 1.89. The molecule has 0 unspecified atom stereocenters. The topological polar surface area (TPSA) is 24.9 Å². The van der Waals surface area contributed by atoms with Crippen molar-refractivity contribution in [2.75, 3.05) is 6.54 Å². The van der Waals surface area contributed by atoms with E-state index in [4.69, 9.17) is 6.42 Å². The second kappa shape index (κ2) is 6.22. The van der Waals surface area contributed by atoms with E-state index in [9.17, 15) is 0 Å². The summed E-state index contributed by atoms with van der Waals surface area (Å²) in [5.41, 5.74) is 1.26. The summed E-state index contributed by atoms with van der Waals surface area (Å²) in [6.45, 7) is 1.87. The first kappa shape index (κ1) is 9.76. The summed E-state index contributed by atoms with van der Waals surface area (Å²) in [5.74, 6) is 2.62. The molecule has 1 N–H and O–H groups in total. The number of hydrogen-bond donors (Lipinski definition) is 1. The van der Waals surface area contributed by atoms with Crippen molar-refractivity contribution in [2.45, 2.75) is 19.4 Å². The van der Waals surface area contributed by atoms with Crippen molar-refractivity contribution in [1.82, 2.24) is 10.3 Å². The monoisotopic (exact) mass is 174 g/mol. The summed E-state index contributed by atoms with van der Waals surface area (Å²) in [7, 11) is 0. The average Bonchev–Trinajstić information content (AvgIpc) is 2.19. The standard InChI is InChI=1S/C11H14N2/c1-2-3-4-7-13-10-11-5-8-12-9-6-11/h1,5-6,8-9,13H,3-4,7,10H2. The molecular formula is C11H14N2. The molecule has 0 radical (unpaired) electrons. The van der Waals surface area contributed by atoms with Gasteiger partial charge in [0.25, 0.3) is 0 Å². The molecule has 1 heterocycles. The lowest BCUT2D eigenvalue weighted by molar-refractivity contribution is 0.658. The van der Waals surface area contributed by atoms with Crippen LogP contribution in [-0.4, -0.2) is 11.5 Å². The van der Waals surface area contributed by atoms with Crippen molar-refractivity contribution in [1.29, 1.82) is 0 Å². The summed E-state index contributed by atoms with van der Waals surface area (Å²) in [6.07, 6.45) is 10.6. The van der Waals surface area contributed by atoms with Crippen LogP contribution in [0.1, 0.15) is 18.4 Å². The molecule has 0 aromatic carbocycles. The molecule has 0 saturated carbocycles. The van der Waals surface area contributed by atoms with E-state index >= 15 is 0 Å². The number of unbranched alkanes of at least 4 members (excludes halogenated alkanes) is 1. The number of terminal acetylenes is 1. The molecule has 0 fully saturated rings. The SMILES string of the molecule is C#CCCCNCc1ccncc1. The first-order chi connectivity index (χ1) is 6.43. The Morgan fingerprint density at radius 2 is 2.15 bits per heavy atom. The number of aromatic nitrogens is 1. The van der Waals surface area contributed by atoms with Crippen LogP contribution >= 0.6 is 0 Å². The van der Waals surface area contributed by atoms with E-state index in [0.29, 0.717) is 0 Å². The molecule has 0 aliphatic carbocycles. The van der Waals surface area contributed by atoms with Gasteiger partial charge in [0.05, 0.1) is 0 Å². The number of hydrogen-bond acceptors (Lipinski definition) is 2. The Balaban J connectivity index is 2.11. The molecule has 0 saturated heterocycles. The maximum atomic E-state index is 5.14. The molecule has 1 rings (SSSR count). The van der Waals surface area contributed by atoms with Crippen LogP contribution in [0.15, 0.2) is 24.5 Å². The Morgan fingerprint density at radius 1 is 1.38 bits per heavy atom. The Labute approximate surface area is 79.4 Å². The van der Waals surface area contributed by atoms with E-state index in [1.807, 2.05) is 12.1 Å². The molecule has 0 bridgehead atoms. The molecule has 0 atom stereocenters. The maximum absolute atomic E-state index is 5.14. The first-order valence-electron chi connectivity index (χ1n) is 4.46. The third kappa shape index (κ3) is 4.29. The van der Waals surface area contributed by atoms with Gasteiger partial charge in [0, 0.05) is 25.4 Å². The van der Waals surface area contributed by atoms with Gasteiger partial charge in [-0.05, 0) is 30.7 Å². The van der Waals surface area contributed by atoms with Crippen molar-refractivity contribution in [3.63, 3.8) is 0 Å². The van der Waals surface area contributed by atoms with Crippen LogP contribution in [-0.2, 0) is 6.54 Å². The molecular weight excluding hydrogens is 160 g/mol. The maximum Gasteiger partial charge on any atom is 0.0271 e. The van der Waals surface area contributed by atoms with Gasteiger partial charge in [0.2, 0.25) is 0 Å². The molecule has 0 amide bonds. The number of nitrogens with one attached hydrogen (secondary N) is 1. The Hall–Kier alpha value is -1.33. The fourth-order valence-electron chi connectivity index (χ4n) is 1.05. The number of pyridine rings is 1. The molecule has 2 nitrogen and oxygen atoms in total. The molecule has 13 heavy (non-hydrogen) atoms. The van der Waals surface area contributed by atoms with Crippen LogP contribution in [0.3, 0.4) is 0 Å². The van der Waals surface area contributed by atoms with Crippen molar-refractivity contribution >= 4 is 0 Å². The molecule has 2 heteroatoms. The van der Waals surface area contributed by atoms with E-state index < -0.39 is 0 Å². The molecule has 1 aromatic rings. The second-order valence-corrected chi connectivity index (χ2v) is 2.84. The lowest BCUT2D eigenvalue weighted by Crippen LogP contribution is -2.14. The van der Waals surface area contributed by atoms with E-state index in [0.717, 1.165) is 25.9 Å². The fraction of sp³-hybridized carbons (Fsp3) is 0.364. The Morgan fingerprint density at radius 3 is 2.85 bits per heavy atom. The highest BCUT2D eigenvalue weighted by atomic mass is 14.8. The Kier molecular flexibility index (Phi) is 4.66. The minimum atomic E-state index is 0.851. The van der Waals surface area contributed by atoms with Gasteiger partial charge >= 0.3 is 0 Å². The molecule has 1 aromatic heterocycles.